The molecule has 1 aromatic rings. The van der Waals surface area contributed by atoms with Gasteiger partial charge in [0.05, 0.1) is 16.7 Å². The van der Waals surface area contributed by atoms with Crippen LogP contribution in [0, 0.1) is 16.7 Å². The van der Waals surface area contributed by atoms with Gasteiger partial charge >= 0.3 is 5.97 Å². The lowest BCUT2D eigenvalue weighted by Crippen LogP contribution is -2.37. The molecule has 0 saturated heterocycles. The van der Waals surface area contributed by atoms with Gasteiger partial charge in [-0.05, 0) is 31.0 Å². The minimum Gasteiger partial charge on any atom is -0.481 e. The summed E-state index contributed by atoms with van der Waals surface area (Å²) in [6.45, 7) is 3.97. The van der Waals surface area contributed by atoms with E-state index in [1.54, 1.807) is 18.2 Å². The average molecular weight is 281 g/mol. The van der Waals surface area contributed by atoms with E-state index >= 15 is 0 Å². The Bertz CT molecular complexity index is 505. The van der Waals surface area contributed by atoms with Crippen LogP contribution in [0.15, 0.2) is 18.2 Å². The molecule has 1 rings (SSSR count). The number of nitrogens with one attached hydrogen (secondary N) is 1. The number of hydrogen-bond donors (Lipinski definition) is 2. The zero-order chi connectivity index (χ0) is 14.5. The molecule has 0 amide bonds. The number of benzene rings is 1. The van der Waals surface area contributed by atoms with Crippen LogP contribution in [-0.4, -0.2) is 17.6 Å². The van der Waals surface area contributed by atoms with Gasteiger partial charge in [-0.1, -0.05) is 25.4 Å². The van der Waals surface area contributed by atoms with Gasteiger partial charge in [-0.25, -0.2) is 0 Å². The van der Waals surface area contributed by atoms with E-state index in [4.69, 9.17) is 16.9 Å². The predicted octanol–water partition coefficient (Wildman–Crippen LogP) is 3.51. The Kier molecular flexibility index (Phi) is 5.20. The largest absolute Gasteiger partial charge is 0.481 e. The maximum absolute atomic E-state index is 11.4. The van der Waals surface area contributed by atoms with Crippen molar-refractivity contribution in [2.24, 2.45) is 5.41 Å². The quantitative estimate of drug-likeness (QED) is 0.836. The lowest BCUT2D eigenvalue weighted by molar-refractivity contribution is -0.148. The number of carboxylic acids is 1. The number of halogens is 1. The molecule has 0 fully saturated rings. The summed E-state index contributed by atoms with van der Waals surface area (Å²) in [7, 11) is 0. The summed E-state index contributed by atoms with van der Waals surface area (Å²) in [6, 6.07) is 6.94. The van der Waals surface area contributed by atoms with Crippen LogP contribution in [0.4, 0.5) is 5.69 Å². The van der Waals surface area contributed by atoms with Gasteiger partial charge in [-0.15, -0.1) is 0 Å². The highest BCUT2D eigenvalue weighted by Crippen LogP contribution is 2.28. The molecule has 19 heavy (non-hydrogen) atoms. The third-order valence-corrected chi connectivity index (χ3v) is 3.76. The minimum atomic E-state index is -0.828. The lowest BCUT2D eigenvalue weighted by Gasteiger charge is -2.27. The highest BCUT2D eigenvalue weighted by Gasteiger charge is 2.34. The molecule has 0 aliphatic rings. The van der Waals surface area contributed by atoms with E-state index in [-0.39, 0.29) is 6.54 Å². The fourth-order valence-electron chi connectivity index (χ4n) is 1.90. The number of aliphatic carboxylic acids is 1. The van der Waals surface area contributed by atoms with Crippen molar-refractivity contribution in [2.75, 3.05) is 11.9 Å². The number of nitrogens with zero attached hydrogens (tertiary/aromatic N) is 1. The second kappa shape index (κ2) is 6.44. The van der Waals surface area contributed by atoms with Crippen LogP contribution in [0.1, 0.15) is 32.3 Å². The van der Waals surface area contributed by atoms with Crippen LogP contribution in [0.25, 0.3) is 0 Å². The van der Waals surface area contributed by atoms with Gasteiger partial charge in [0.1, 0.15) is 6.07 Å². The summed E-state index contributed by atoms with van der Waals surface area (Å²) in [5.41, 5.74) is 0.202. The van der Waals surface area contributed by atoms with E-state index in [0.717, 1.165) is 0 Å². The summed E-state index contributed by atoms with van der Waals surface area (Å²) < 4.78 is 0. The summed E-state index contributed by atoms with van der Waals surface area (Å²) in [4.78, 5) is 11.4. The van der Waals surface area contributed by atoms with Crippen molar-refractivity contribution < 1.29 is 9.90 Å². The second-order valence-electron chi connectivity index (χ2n) is 4.45. The highest BCUT2D eigenvalue weighted by molar-refractivity contribution is 6.30. The standard InChI is InChI=1S/C14H17ClN2O2/c1-3-14(4-2,13(18)19)9-17-12-7-11(15)6-5-10(12)8-16/h5-7,17H,3-4,9H2,1-2H3,(H,18,19). The first-order chi connectivity index (χ1) is 8.99. The molecule has 0 saturated carbocycles. The summed E-state index contributed by atoms with van der Waals surface area (Å²) >= 11 is 5.89. The number of rotatable bonds is 6. The molecular weight excluding hydrogens is 264 g/mol. The van der Waals surface area contributed by atoms with E-state index < -0.39 is 11.4 Å². The SMILES string of the molecule is CCC(CC)(CNc1cc(Cl)ccc1C#N)C(=O)O. The first-order valence-electron chi connectivity index (χ1n) is 6.16. The van der Waals surface area contributed by atoms with Gasteiger partial charge in [0.15, 0.2) is 0 Å². The molecule has 0 heterocycles. The maximum Gasteiger partial charge on any atom is 0.311 e. The van der Waals surface area contributed by atoms with Crippen molar-refractivity contribution in [3.8, 4) is 6.07 Å². The van der Waals surface area contributed by atoms with E-state index in [1.165, 1.54) is 0 Å². The Balaban J connectivity index is 2.95. The maximum atomic E-state index is 11.4. The molecule has 0 spiro atoms. The number of carbonyl (C=O) groups is 1. The third-order valence-electron chi connectivity index (χ3n) is 3.53. The fraction of sp³-hybridized carbons (Fsp3) is 0.429. The monoisotopic (exact) mass is 280 g/mol. The molecule has 0 aromatic heterocycles. The Hall–Kier alpha value is -1.73. The Labute approximate surface area is 118 Å². The molecule has 0 unspecified atom stereocenters. The fourth-order valence-corrected chi connectivity index (χ4v) is 2.07. The van der Waals surface area contributed by atoms with Crippen molar-refractivity contribution in [1.29, 1.82) is 5.26 Å². The van der Waals surface area contributed by atoms with Crippen LogP contribution in [0.5, 0.6) is 0 Å². The minimum absolute atomic E-state index is 0.268. The lowest BCUT2D eigenvalue weighted by atomic mass is 9.82. The van der Waals surface area contributed by atoms with Gasteiger partial charge in [0.25, 0.3) is 0 Å². The van der Waals surface area contributed by atoms with E-state index in [2.05, 4.69) is 11.4 Å². The van der Waals surface area contributed by atoms with Gasteiger partial charge in [0.2, 0.25) is 0 Å². The summed E-state index contributed by atoms with van der Waals surface area (Å²) in [6.07, 6.45) is 1.04. The van der Waals surface area contributed by atoms with Crippen LogP contribution < -0.4 is 5.32 Å². The molecule has 102 valence electrons. The first-order valence-corrected chi connectivity index (χ1v) is 6.53. The van der Waals surface area contributed by atoms with Gasteiger partial charge in [0, 0.05) is 11.6 Å². The molecule has 0 aliphatic heterocycles. The van der Waals surface area contributed by atoms with Crippen LogP contribution in [0.3, 0.4) is 0 Å². The molecule has 1 aromatic carbocycles. The molecule has 0 radical (unpaired) electrons. The number of nitriles is 1. The Morgan fingerprint density at radius 2 is 2.11 bits per heavy atom. The van der Waals surface area contributed by atoms with Crippen LogP contribution in [-0.2, 0) is 4.79 Å². The molecule has 2 N–H and O–H groups in total. The second-order valence-corrected chi connectivity index (χ2v) is 4.88. The van der Waals surface area contributed by atoms with Gasteiger partial charge < -0.3 is 10.4 Å². The summed E-state index contributed by atoms with van der Waals surface area (Å²) in [5, 5.41) is 21.9. The van der Waals surface area contributed by atoms with Gasteiger partial charge in [-0.2, -0.15) is 5.26 Å². The highest BCUT2D eigenvalue weighted by atomic mass is 35.5. The normalized spacial score (nSPS) is 10.8. The Morgan fingerprint density at radius 1 is 1.47 bits per heavy atom. The number of anilines is 1. The van der Waals surface area contributed by atoms with Crippen LogP contribution >= 0.6 is 11.6 Å². The molecule has 0 atom stereocenters. The van der Waals surface area contributed by atoms with Crippen molar-refractivity contribution in [3.05, 3.63) is 28.8 Å². The van der Waals surface area contributed by atoms with Crippen molar-refractivity contribution in [2.45, 2.75) is 26.7 Å². The van der Waals surface area contributed by atoms with E-state index in [9.17, 15) is 9.90 Å². The average Bonchev–Trinajstić information content (AvgIpc) is 2.40. The molecular formula is C14H17ClN2O2. The van der Waals surface area contributed by atoms with Crippen molar-refractivity contribution >= 4 is 23.3 Å². The van der Waals surface area contributed by atoms with Crippen molar-refractivity contribution in [1.82, 2.24) is 0 Å². The van der Waals surface area contributed by atoms with E-state index in [0.29, 0.717) is 29.1 Å². The van der Waals surface area contributed by atoms with Gasteiger partial charge in [-0.3, -0.25) is 4.79 Å². The van der Waals surface area contributed by atoms with E-state index in [1.807, 2.05) is 13.8 Å². The topological polar surface area (TPSA) is 73.1 Å². The number of hydrogen-bond acceptors (Lipinski definition) is 3. The molecule has 0 bridgehead atoms. The first kappa shape index (κ1) is 15.3. The third kappa shape index (κ3) is 3.39. The molecule has 5 heteroatoms. The summed E-state index contributed by atoms with van der Waals surface area (Å²) in [5.74, 6) is -0.828. The molecule has 4 nitrogen and oxygen atoms in total. The zero-order valence-corrected chi connectivity index (χ0v) is 11.8. The number of carboxylic acid groups (broad SMARTS) is 1. The molecule has 0 aliphatic carbocycles. The Morgan fingerprint density at radius 3 is 2.58 bits per heavy atom. The smallest absolute Gasteiger partial charge is 0.311 e. The van der Waals surface area contributed by atoms with Crippen molar-refractivity contribution in [3.63, 3.8) is 0 Å². The predicted molar refractivity (Wildman–Crippen MR) is 75.3 cm³/mol. The van der Waals surface area contributed by atoms with Crippen LogP contribution in [0.2, 0.25) is 5.02 Å². The zero-order valence-electron chi connectivity index (χ0n) is 11.0.